The normalized spacial score (nSPS) is 11.1. The standard InChI is InChI=1S/C19H17NO4/c1-22-17-11-13(18(23-2)15-8-9-24-19(15)17)6-7-16(21)12-4-3-5-14(20)10-12/h3-11H,20H2,1-2H3/b7-6+. The third kappa shape index (κ3) is 2.84. The number of nitrogens with two attached hydrogens (primary N) is 1. The molecular weight excluding hydrogens is 306 g/mol. The highest BCUT2D eigenvalue weighted by molar-refractivity contribution is 6.08. The predicted octanol–water partition coefficient (Wildman–Crippen LogP) is 3.93. The van der Waals surface area contributed by atoms with Crippen LogP contribution in [0.15, 0.2) is 53.2 Å². The molecule has 3 rings (SSSR count). The molecule has 0 saturated carbocycles. The fraction of sp³-hybridized carbons (Fsp3) is 0.105. The van der Waals surface area contributed by atoms with Gasteiger partial charge in [-0.05, 0) is 36.4 Å². The van der Waals surface area contributed by atoms with E-state index >= 15 is 0 Å². The van der Waals surface area contributed by atoms with Crippen molar-refractivity contribution < 1.29 is 18.7 Å². The van der Waals surface area contributed by atoms with Crippen molar-refractivity contribution in [2.75, 3.05) is 20.0 Å². The molecule has 1 heterocycles. The van der Waals surface area contributed by atoms with Gasteiger partial charge in [-0.1, -0.05) is 12.1 Å². The number of carbonyl (C=O) groups excluding carboxylic acids is 1. The van der Waals surface area contributed by atoms with E-state index in [0.717, 1.165) is 10.9 Å². The average Bonchev–Trinajstić information content (AvgIpc) is 3.08. The molecule has 2 N–H and O–H groups in total. The summed E-state index contributed by atoms with van der Waals surface area (Å²) >= 11 is 0. The van der Waals surface area contributed by atoms with Gasteiger partial charge in [0.2, 0.25) is 0 Å². The number of allylic oxidation sites excluding steroid dienone is 1. The van der Waals surface area contributed by atoms with Gasteiger partial charge in [0.1, 0.15) is 5.75 Å². The van der Waals surface area contributed by atoms with E-state index in [-0.39, 0.29) is 5.78 Å². The molecule has 0 fully saturated rings. The van der Waals surface area contributed by atoms with E-state index in [1.165, 1.54) is 6.08 Å². The number of benzene rings is 2. The van der Waals surface area contributed by atoms with Crippen LogP contribution in [0.5, 0.6) is 11.5 Å². The summed E-state index contributed by atoms with van der Waals surface area (Å²) in [5, 5.41) is 0.785. The molecule has 0 spiro atoms. The maximum atomic E-state index is 12.3. The Hall–Kier alpha value is -3.21. The minimum Gasteiger partial charge on any atom is -0.495 e. The molecule has 0 aliphatic heterocycles. The Labute approximate surface area is 139 Å². The highest BCUT2D eigenvalue weighted by Crippen LogP contribution is 2.38. The zero-order valence-corrected chi connectivity index (χ0v) is 13.4. The summed E-state index contributed by atoms with van der Waals surface area (Å²) in [7, 11) is 3.14. The highest BCUT2D eigenvalue weighted by atomic mass is 16.5. The minimum absolute atomic E-state index is 0.143. The molecule has 0 aliphatic rings. The fourth-order valence-electron chi connectivity index (χ4n) is 2.56. The van der Waals surface area contributed by atoms with Gasteiger partial charge >= 0.3 is 0 Å². The molecular formula is C19H17NO4. The zero-order chi connectivity index (χ0) is 17.1. The lowest BCUT2D eigenvalue weighted by Crippen LogP contribution is -1.96. The first-order valence-corrected chi connectivity index (χ1v) is 7.34. The molecule has 0 aliphatic carbocycles. The van der Waals surface area contributed by atoms with Crippen LogP contribution in [0.3, 0.4) is 0 Å². The van der Waals surface area contributed by atoms with E-state index in [1.807, 2.05) is 0 Å². The molecule has 3 aromatic rings. The Morgan fingerprint density at radius 2 is 2.00 bits per heavy atom. The van der Waals surface area contributed by atoms with Crippen LogP contribution in [0.1, 0.15) is 15.9 Å². The quantitative estimate of drug-likeness (QED) is 0.437. The Balaban J connectivity index is 2.01. The van der Waals surface area contributed by atoms with Crippen LogP contribution in [0.4, 0.5) is 5.69 Å². The van der Waals surface area contributed by atoms with Gasteiger partial charge in [-0.2, -0.15) is 0 Å². The number of furan rings is 1. The third-order valence-corrected chi connectivity index (χ3v) is 3.69. The Bertz CT molecular complexity index is 924. The van der Waals surface area contributed by atoms with Gasteiger partial charge in [0.05, 0.1) is 25.9 Å². The van der Waals surface area contributed by atoms with Crippen molar-refractivity contribution in [3.8, 4) is 11.5 Å². The van der Waals surface area contributed by atoms with Gasteiger partial charge in [0.25, 0.3) is 0 Å². The van der Waals surface area contributed by atoms with Crippen molar-refractivity contribution in [1.82, 2.24) is 0 Å². The maximum absolute atomic E-state index is 12.3. The summed E-state index contributed by atoms with van der Waals surface area (Å²) in [6.45, 7) is 0. The third-order valence-electron chi connectivity index (χ3n) is 3.69. The largest absolute Gasteiger partial charge is 0.495 e. The lowest BCUT2D eigenvalue weighted by atomic mass is 10.1. The van der Waals surface area contributed by atoms with Crippen LogP contribution in [0.25, 0.3) is 17.0 Å². The molecule has 0 radical (unpaired) electrons. The summed E-state index contributed by atoms with van der Waals surface area (Å²) in [5.74, 6) is 1.05. The smallest absolute Gasteiger partial charge is 0.185 e. The zero-order valence-electron chi connectivity index (χ0n) is 13.4. The average molecular weight is 323 g/mol. The van der Waals surface area contributed by atoms with Crippen molar-refractivity contribution in [3.63, 3.8) is 0 Å². The minimum atomic E-state index is -0.143. The monoisotopic (exact) mass is 323 g/mol. The fourth-order valence-corrected chi connectivity index (χ4v) is 2.56. The number of anilines is 1. The van der Waals surface area contributed by atoms with E-state index in [4.69, 9.17) is 19.6 Å². The van der Waals surface area contributed by atoms with Crippen LogP contribution in [-0.4, -0.2) is 20.0 Å². The number of ether oxygens (including phenoxy) is 2. The molecule has 0 unspecified atom stereocenters. The number of ketones is 1. The predicted molar refractivity (Wildman–Crippen MR) is 93.5 cm³/mol. The first-order valence-electron chi connectivity index (χ1n) is 7.34. The Kier molecular flexibility index (Phi) is 4.24. The summed E-state index contributed by atoms with van der Waals surface area (Å²) in [5.41, 5.74) is 8.12. The summed E-state index contributed by atoms with van der Waals surface area (Å²) in [6.07, 6.45) is 4.75. The van der Waals surface area contributed by atoms with Gasteiger partial charge in [-0.3, -0.25) is 4.79 Å². The second-order valence-electron chi connectivity index (χ2n) is 5.19. The lowest BCUT2D eigenvalue weighted by Gasteiger charge is -2.09. The molecule has 0 saturated heterocycles. The van der Waals surface area contributed by atoms with Gasteiger partial charge in [0, 0.05) is 16.8 Å². The Morgan fingerprint density at radius 1 is 1.17 bits per heavy atom. The first kappa shape index (κ1) is 15.7. The number of carbonyl (C=O) groups is 1. The molecule has 24 heavy (non-hydrogen) atoms. The number of nitrogen functional groups attached to an aromatic ring is 1. The van der Waals surface area contributed by atoms with Crippen LogP contribution < -0.4 is 15.2 Å². The van der Waals surface area contributed by atoms with Crippen molar-refractivity contribution in [3.05, 3.63) is 59.9 Å². The molecule has 1 aromatic heterocycles. The van der Waals surface area contributed by atoms with E-state index in [1.54, 1.807) is 63.0 Å². The van der Waals surface area contributed by atoms with Crippen molar-refractivity contribution in [1.29, 1.82) is 0 Å². The lowest BCUT2D eigenvalue weighted by molar-refractivity contribution is 0.104. The summed E-state index contributed by atoms with van der Waals surface area (Å²) in [6, 6.07) is 10.4. The van der Waals surface area contributed by atoms with Crippen LogP contribution in [0, 0.1) is 0 Å². The highest BCUT2D eigenvalue weighted by Gasteiger charge is 2.14. The second-order valence-corrected chi connectivity index (χ2v) is 5.19. The van der Waals surface area contributed by atoms with Gasteiger partial charge in [0.15, 0.2) is 17.1 Å². The molecule has 2 aromatic carbocycles. The topological polar surface area (TPSA) is 74.7 Å². The Morgan fingerprint density at radius 3 is 2.71 bits per heavy atom. The van der Waals surface area contributed by atoms with E-state index in [9.17, 15) is 4.79 Å². The maximum Gasteiger partial charge on any atom is 0.185 e. The van der Waals surface area contributed by atoms with Crippen molar-refractivity contribution in [2.24, 2.45) is 0 Å². The number of hydrogen-bond donors (Lipinski definition) is 1. The number of fused-ring (bicyclic) bond motifs is 1. The summed E-state index contributed by atoms with van der Waals surface area (Å²) in [4.78, 5) is 12.3. The van der Waals surface area contributed by atoms with Gasteiger partial charge in [-0.25, -0.2) is 0 Å². The van der Waals surface area contributed by atoms with E-state index in [0.29, 0.717) is 28.3 Å². The van der Waals surface area contributed by atoms with Crippen LogP contribution >= 0.6 is 0 Å². The summed E-state index contributed by atoms with van der Waals surface area (Å²) < 4.78 is 16.3. The number of methoxy groups -OCH3 is 2. The SMILES string of the molecule is COc1c(/C=C/C(=O)c2cccc(N)c2)cc(OC)c2occc12. The van der Waals surface area contributed by atoms with Gasteiger partial charge < -0.3 is 19.6 Å². The van der Waals surface area contributed by atoms with Crippen molar-refractivity contribution in [2.45, 2.75) is 0 Å². The molecule has 122 valence electrons. The van der Waals surface area contributed by atoms with Crippen LogP contribution in [0.2, 0.25) is 0 Å². The first-order chi connectivity index (χ1) is 11.6. The second kappa shape index (κ2) is 6.50. The van der Waals surface area contributed by atoms with E-state index in [2.05, 4.69) is 0 Å². The van der Waals surface area contributed by atoms with E-state index < -0.39 is 0 Å². The molecule has 0 atom stereocenters. The van der Waals surface area contributed by atoms with Gasteiger partial charge in [-0.15, -0.1) is 0 Å². The molecule has 0 bridgehead atoms. The molecule has 5 heteroatoms. The number of rotatable bonds is 5. The molecule has 0 amide bonds. The molecule has 5 nitrogen and oxygen atoms in total. The number of hydrogen-bond acceptors (Lipinski definition) is 5. The van der Waals surface area contributed by atoms with Crippen LogP contribution in [-0.2, 0) is 0 Å². The van der Waals surface area contributed by atoms with Crippen molar-refractivity contribution >= 4 is 28.5 Å².